The zero-order valence-corrected chi connectivity index (χ0v) is 11.6. The zero-order valence-electron chi connectivity index (χ0n) is 11.6. The van der Waals surface area contributed by atoms with Gasteiger partial charge in [0.05, 0.1) is 19.8 Å². The molecule has 0 saturated carbocycles. The first-order valence-electron chi connectivity index (χ1n) is 6.33. The first-order chi connectivity index (χ1) is 9.08. The highest BCUT2D eigenvalue weighted by molar-refractivity contribution is 5.41. The lowest BCUT2D eigenvalue weighted by Crippen LogP contribution is -2.23. The Morgan fingerprint density at radius 3 is 2.53 bits per heavy atom. The molecule has 0 spiro atoms. The van der Waals surface area contributed by atoms with Crippen LogP contribution in [0.25, 0.3) is 0 Å². The van der Waals surface area contributed by atoms with Gasteiger partial charge in [0.15, 0.2) is 0 Å². The number of hydrogen-bond donors (Lipinski definition) is 2. The summed E-state index contributed by atoms with van der Waals surface area (Å²) in [5.41, 5.74) is 0.657. The predicted molar refractivity (Wildman–Crippen MR) is 71.6 cm³/mol. The van der Waals surface area contributed by atoms with E-state index in [0.29, 0.717) is 23.7 Å². The number of rotatable bonds is 8. The van der Waals surface area contributed by atoms with E-state index in [-0.39, 0.29) is 13.2 Å². The van der Waals surface area contributed by atoms with Crippen LogP contribution in [-0.4, -0.2) is 43.2 Å². The molecule has 0 amide bonds. The van der Waals surface area contributed by atoms with Gasteiger partial charge in [-0.05, 0) is 26.0 Å². The van der Waals surface area contributed by atoms with Crippen LogP contribution in [0.2, 0.25) is 0 Å². The molecule has 2 N–H and O–H groups in total. The largest absolute Gasteiger partial charge is 0.497 e. The average Bonchev–Trinajstić information content (AvgIpc) is 2.42. The molecular formula is C14H22O5. The number of methoxy groups -OCH3 is 1. The number of benzene rings is 1. The minimum Gasteiger partial charge on any atom is -0.497 e. The van der Waals surface area contributed by atoms with Crippen molar-refractivity contribution in [2.24, 2.45) is 0 Å². The van der Waals surface area contributed by atoms with E-state index in [1.54, 1.807) is 32.2 Å². The van der Waals surface area contributed by atoms with Gasteiger partial charge in [-0.3, -0.25) is 0 Å². The van der Waals surface area contributed by atoms with E-state index in [1.807, 2.05) is 6.92 Å². The summed E-state index contributed by atoms with van der Waals surface area (Å²) in [5.74, 6) is 1.14. The lowest BCUT2D eigenvalue weighted by atomic mass is 10.1. The van der Waals surface area contributed by atoms with Crippen LogP contribution < -0.4 is 9.47 Å². The molecule has 0 bridgehead atoms. The van der Waals surface area contributed by atoms with Crippen molar-refractivity contribution in [1.29, 1.82) is 0 Å². The topological polar surface area (TPSA) is 68.2 Å². The number of hydrogen-bond acceptors (Lipinski definition) is 5. The van der Waals surface area contributed by atoms with E-state index in [0.717, 1.165) is 0 Å². The Hall–Kier alpha value is -1.30. The standard InChI is InChI=1S/C14H22O5/c1-4-18-8-11(16)9-19-14-7-12(17-3)5-6-13(14)10(2)15/h5-7,10-11,15-16H,4,8-9H2,1-3H3/t10-,11?/m0/s1. The molecule has 5 heteroatoms. The molecular weight excluding hydrogens is 248 g/mol. The molecule has 0 radical (unpaired) electrons. The Morgan fingerprint density at radius 2 is 1.95 bits per heavy atom. The molecule has 0 aromatic heterocycles. The maximum absolute atomic E-state index is 9.67. The molecule has 2 atom stereocenters. The Bertz CT molecular complexity index is 378. The molecule has 1 aromatic carbocycles. The molecule has 108 valence electrons. The van der Waals surface area contributed by atoms with E-state index in [2.05, 4.69) is 0 Å². The fourth-order valence-electron chi connectivity index (χ4n) is 1.60. The summed E-state index contributed by atoms with van der Waals surface area (Å²) in [6.45, 7) is 4.40. The third kappa shape index (κ3) is 5.06. The lowest BCUT2D eigenvalue weighted by Gasteiger charge is -2.17. The normalized spacial score (nSPS) is 13.9. The predicted octanol–water partition coefficient (Wildman–Crippen LogP) is 1.52. The van der Waals surface area contributed by atoms with E-state index < -0.39 is 12.2 Å². The van der Waals surface area contributed by atoms with Gasteiger partial charge in [-0.25, -0.2) is 0 Å². The summed E-state index contributed by atoms with van der Waals surface area (Å²) in [6.07, 6.45) is -1.35. The van der Waals surface area contributed by atoms with Gasteiger partial charge in [-0.2, -0.15) is 0 Å². The smallest absolute Gasteiger partial charge is 0.128 e. The van der Waals surface area contributed by atoms with Crippen LogP contribution in [0.15, 0.2) is 18.2 Å². The Morgan fingerprint density at radius 1 is 1.21 bits per heavy atom. The van der Waals surface area contributed by atoms with Crippen molar-refractivity contribution in [3.05, 3.63) is 23.8 Å². The van der Waals surface area contributed by atoms with Crippen LogP contribution in [-0.2, 0) is 4.74 Å². The molecule has 1 aromatic rings. The van der Waals surface area contributed by atoms with Crippen molar-refractivity contribution in [2.45, 2.75) is 26.1 Å². The minimum absolute atomic E-state index is 0.104. The SMILES string of the molecule is CCOCC(O)COc1cc(OC)ccc1[C@H](C)O. The molecule has 0 fully saturated rings. The van der Waals surface area contributed by atoms with Gasteiger partial charge < -0.3 is 24.4 Å². The second-order valence-corrected chi connectivity index (χ2v) is 4.20. The second kappa shape index (κ2) is 7.99. The van der Waals surface area contributed by atoms with Crippen LogP contribution in [0.4, 0.5) is 0 Å². The molecule has 0 heterocycles. The van der Waals surface area contributed by atoms with Crippen molar-refractivity contribution >= 4 is 0 Å². The van der Waals surface area contributed by atoms with Gasteiger partial charge in [0, 0.05) is 18.2 Å². The van der Waals surface area contributed by atoms with Gasteiger partial charge >= 0.3 is 0 Å². The van der Waals surface area contributed by atoms with Crippen LogP contribution in [0.5, 0.6) is 11.5 Å². The van der Waals surface area contributed by atoms with Crippen molar-refractivity contribution in [2.75, 3.05) is 26.9 Å². The van der Waals surface area contributed by atoms with Gasteiger partial charge in [0.2, 0.25) is 0 Å². The lowest BCUT2D eigenvalue weighted by molar-refractivity contribution is 0.0157. The molecule has 5 nitrogen and oxygen atoms in total. The Balaban J connectivity index is 2.69. The number of aliphatic hydroxyl groups is 2. The maximum Gasteiger partial charge on any atom is 0.128 e. The van der Waals surface area contributed by atoms with Crippen molar-refractivity contribution in [1.82, 2.24) is 0 Å². The first kappa shape index (κ1) is 15.8. The summed E-state index contributed by atoms with van der Waals surface area (Å²) in [5, 5.41) is 19.3. The van der Waals surface area contributed by atoms with E-state index >= 15 is 0 Å². The first-order valence-corrected chi connectivity index (χ1v) is 6.33. The maximum atomic E-state index is 9.67. The fourth-order valence-corrected chi connectivity index (χ4v) is 1.60. The summed E-state index contributed by atoms with van der Waals surface area (Å²) < 4.78 is 15.7. The highest BCUT2D eigenvalue weighted by Crippen LogP contribution is 2.29. The highest BCUT2D eigenvalue weighted by atomic mass is 16.5. The molecule has 1 unspecified atom stereocenters. The van der Waals surface area contributed by atoms with Crippen molar-refractivity contribution < 1.29 is 24.4 Å². The van der Waals surface area contributed by atoms with Crippen molar-refractivity contribution in [3.8, 4) is 11.5 Å². The quantitative estimate of drug-likeness (QED) is 0.749. The van der Waals surface area contributed by atoms with E-state index in [1.165, 1.54) is 0 Å². The average molecular weight is 270 g/mol. The van der Waals surface area contributed by atoms with Crippen LogP contribution in [0, 0.1) is 0 Å². The summed E-state index contributed by atoms with van der Waals surface area (Å²) in [7, 11) is 1.56. The van der Waals surface area contributed by atoms with Crippen LogP contribution in [0.3, 0.4) is 0 Å². The summed E-state index contributed by atoms with van der Waals surface area (Å²) in [6, 6.07) is 5.19. The molecule has 0 aliphatic rings. The zero-order chi connectivity index (χ0) is 14.3. The highest BCUT2D eigenvalue weighted by Gasteiger charge is 2.12. The van der Waals surface area contributed by atoms with Gasteiger partial charge in [0.1, 0.15) is 24.2 Å². The molecule has 1 rings (SSSR count). The van der Waals surface area contributed by atoms with Gasteiger partial charge in [0.25, 0.3) is 0 Å². The third-order valence-electron chi connectivity index (χ3n) is 2.62. The third-order valence-corrected chi connectivity index (χ3v) is 2.62. The Labute approximate surface area is 113 Å². The van der Waals surface area contributed by atoms with Gasteiger partial charge in [-0.15, -0.1) is 0 Å². The number of ether oxygens (including phenoxy) is 3. The second-order valence-electron chi connectivity index (χ2n) is 4.20. The minimum atomic E-state index is -0.701. The number of aliphatic hydroxyl groups excluding tert-OH is 2. The van der Waals surface area contributed by atoms with Gasteiger partial charge in [-0.1, -0.05) is 0 Å². The fraction of sp³-hybridized carbons (Fsp3) is 0.571. The molecule has 19 heavy (non-hydrogen) atoms. The van der Waals surface area contributed by atoms with E-state index in [4.69, 9.17) is 14.2 Å². The van der Waals surface area contributed by atoms with Crippen molar-refractivity contribution in [3.63, 3.8) is 0 Å². The van der Waals surface area contributed by atoms with E-state index in [9.17, 15) is 10.2 Å². The van der Waals surface area contributed by atoms with Crippen LogP contribution in [0.1, 0.15) is 25.5 Å². The molecule has 0 saturated heterocycles. The summed E-state index contributed by atoms with van der Waals surface area (Å²) in [4.78, 5) is 0. The summed E-state index contributed by atoms with van der Waals surface area (Å²) >= 11 is 0. The monoisotopic (exact) mass is 270 g/mol. The molecule has 0 aliphatic heterocycles. The van der Waals surface area contributed by atoms with Crippen LogP contribution >= 0.6 is 0 Å². The Kier molecular flexibility index (Phi) is 6.62. The molecule has 0 aliphatic carbocycles.